The highest BCUT2D eigenvalue weighted by Crippen LogP contribution is 2.31. The number of hydrogen-bond donors (Lipinski definition) is 0. The highest BCUT2D eigenvalue weighted by Gasteiger charge is 2.10. The average Bonchev–Trinajstić information content (AvgIpc) is 3.10. The molecule has 1 heterocycles. The molecule has 0 aliphatic rings. The zero-order valence-corrected chi connectivity index (χ0v) is 20.5. The number of aryl methyl sites for hydroxylation is 1. The summed E-state index contributed by atoms with van der Waals surface area (Å²) < 4.78 is 2.34. The Morgan fingerprint density at radius 1 is 0.567 bits per heavy atom. The fourth-order valence-electron chi connectivity index (χ4n) is 3.68. The SMILES string of the molecule is Cc1ccc(-n2c3ccccc3c3ccccc32)cc1.P[B-](P)(P)c1ccccc1. The molecule has 150 valence electrons. The van der Waals surface area contributed by atoms with Crippen molar-refractivity contribution in [3.63, 3.8) is 0 Å². The first-order valence-corrected chi connectivity index (χ1v) is 12.1. The molecule has 5 rings (SSSR count). The predicted octanol–water partition coefficient (Wildman–Crippen LogP) is 6.55. The molecule has 0 fully saturated rings. The van der Waals surface area contributed by atoms with Crippen molar-refractivity contribution in [2.75, 3.05) is 0 Å². The van der Waals surface area contributed by atoms with Crippen molar-refractivity contribution >= 4 is 59.9 Å². The van der Waals surface area contributed by atoms with Gasteiger partial charge in [0.25, 0.3) is 0 Å². The molecule has 3 atom stereocenters. The maximum absolute atomic E-state index is 2.82. The Morgan fingerprint density at radius 2 is 1.03 bits per heavy atom. The number of aromatic nitrogens is 1. The Morgan fingerprint density at radius 3 is 1.50 bits per heavy atom. The summed E-state index contributed by atoms with van der Waals surface area (Å²) in [5.41, 5.74) is 6.38. The van der Waals surface area contributed by atoms with Gasteiger partial charge in [0.2, 0.25) is 0 Å². The third-order valence-corrected chi connectivity index (χ3v) is 6.40. The fraction of sp³-hybridized carbons (Fsp3) is 0.0400. The summed E-state index contributed by atoms with van der Waals surface area (Å²) in [4.78, 5) is 0. The van der Waals surface area contributed by atoms with Crippen LogP contribution in [0.2, 0.25) is 0 Å². The molecule has 1 aromatic heterocycles. The zero-order valence-electron chi connectivity index (χ0n) is 17.1. The molecule has 5 heteroatoms. The normalized spacial score (nSPS) is 11.3. The van der Waals surface area contributed by atoms with Gasteiger partial charge in [-0.15, -0.1) is 0 Å². The van der Waals surface area contributed by atoms with Gasteiger partial charge >= 0.3 is 0 Å². The smallest absolute Gasteiger partial charge is 0.0845 e. The Bertz CT molecular complexity index is 1220. The molecule has 3 unspecified atom stereocenters. The molecule has 4 aromatic carbocycles. The topological polar surface area (TPSA) is 4.93 Å². The summed E-state index contributed by atoms with van der Waals surface area (Å²) in [7, 11) is 8.45. The second-order valence-corrected chi connectivity index (χ2v) is 13.3. The lowest BCUT2D eigenvalue weighted by Crippen LogP contribution is -2.27. The van der Waals surface area contributed by atoms with E-state index in [2.05, 4.69) is 136 Å². The van der Waals surface area contributed by atoms with Crippen LogP contribution < -0.4 is 5.46 Å². The van der Waals surface area contributed by atoms with E-state index < -0.39 is 5.30 Å². The van der Waals surface area contributed by atoms with Crippen LogP contribution in [0.3, 0.4) is 0 Å². The third kappa shape index (κ3) is 4.53. The van der Waals surface area contributed by atoms with Crippen LogP contribution in [0.4, 0.5) is 0 Å². The van der Waals surface area contributed by atoms with Crippen LogP contribution in [-0.4, -0.2) is 9.87 Å². The van der Waals surface area contributed by atoms with E-state index >= 15 is 0 Å². The molecule has 0 spiro atoms. The quantitative estimate of drug-likeness (QED) is 0.215. The van der Waals surface area contributed by atoms with Crippen molar-refractivity contribution < 1.29 is 0 Å². The minimum absolute atomic E-state index is 0.554. The summed E-state index contributed by atoms with van der Waals surface area (Å²) in [5, 5.41) is 2.06. The second-order valence-electron chi connectivity index (χ2n) is 7.69. The van der Waals surface area contributed by atoms with E-state index in [4.69, 9.17) is 0 Å². The first-order chi connectivity index (χ1) is 14.4. The van der Waals surface area contributed by atoms with E-state index in [-0.39, 0.29) is 0 Å². The van der Waals surface area contributed by atoms with Crippen LogP contribution in [0.5, 0.6) is 0 Å². The van der Waals surface area contributed by atoms with Crippen molar-refractivity contribution in [1.82, 2.24) is 4.57 Å². The van der Waals surface area contributed by atoms with Gasteiger partial charge in [0.1, 0.15) is 0 Å². The van der Waals surface area contributed by atoms with E-state index in [1.165, 1.54) is 38.5 Å². The monoisotopic (exact) mass is 444 g/mol. The van der Waals surface area contributed by atoms with E-state index in [1.54, 1.807) is 0 Å². The van der Waals surface area contributed by atoms with E-state index in [1.807, 2.05) is 6.07 Å². The van der Waals surface area contributed by atoms with Crippen LogP contribution >= 0.6 is 27.4 Å². The van der Waals surface area contributed by atoms with Crippen LogP contribution in [0.1, 0.15) is 5.56 Å². The largest absolute Gasteiger partial charge is 0.309 e. The third-order valence-electron chi connectivity index (χ3n) is 5.25. The van der Waals surface area contributed by atoms with Crippen molar-refractivity contribution in [2.24, 2.45) is 0 Å². The number of para-hydroxylation sites is 2. The molecular formula is C25H26BNP3-. The molecule has 0 saturated carbocycles. The van der Waals surface area contributed by atoms with Crippen molar-refractivity contribution in [1.29, 1.82) is 0 Å². The number of rotatable bonds is 2. The standard InChI is InChI=1S/C19H15N.C6H11BP3/c1-14-10-12-15(13-11-14)20-18-8-4-2-6-16(18)17-7-3-5-9-19(17)20;8-7(9,10)6-4-2-1-3-5-6/h2-13H,1H3;1-5H,8-10H2/q;-1. The molecule has 0 N–H and O–H groups in total. The lowest BCUT2D eigenvalue weighted by Gasteiger charge is -2.24. The lowest BCUT2D eigenvalue weighted by molar-refractivity contribution is 1.17. The highest BCUT2D eigenvalue weighted by atomic mass is 31.1. The summed E-state index contributed by atoms with van der Waals surface area (Å²) in [6.07, 6.45) is 0. The van der Waals surface area contributed by atoms with Gasteiger partial charge in [-0.3, -0.25) is 27.4 Å². The summed E-state index contributed by atoms with van der Waals surface area (Å²) in [6, 6.07) is 36.3. The first-order valence-electron chi connectivity index (χ1n) is 10.1. The molecule has 0 radical (unpaired) electrons. The molecule has 1 nitrogen and oxygen atoms in total. The second kappa shape index (κ2) is 9.04. The van der Waals surface area contributed by atoms with E-state index in [0.29, 0.717) is 0 Å². The van der Waals surface area contributed by atoms with Crippen molar-refractivity contribution in [3.05, 3.63) is 109 Å². The van der Waals surface area contributed by atoms with Crippen LogP contribution in [-0.2, 0) is 0 Å². The molecule has 5 aromatic rings. The van der Waals surface area contributed by atoms with E-state index in [0.717, 1.165) is 0 Å². The van der Waals surface area contributed by atoms with Gasteiger partial charge in [-0.25, -0.2) is 0 Å². The average molecular weight is 444 g/mol. The molecule has 0 bridgehead atoms. The van der Waals surface area contributed by atoms with Gasteiger partial charge in [0, 0.05) is 16.5 Å². The maximum atomic E-state index is 2.82. The minimum Gasteiger partial charge on any atom is -0.309 e. The van der Waals surface area contributed by atoms with Crippen molar-refractivity contribution in [2.45, 2.75) is 6.92 Å². The fourth-order valence-corrected chi connectivity index (χ4v) is 4.35. The Hall–Kier alpha value is -1.97. The molecule has 0 aliphatic carbocycles. The number of nitrogens with zero attached hydrogens (tertiary/aromatic N) is 1. The molecule has 0 aliphatic heterocycles. The van der Waals surface area contributed by atoms with Crippen LogP contribution in [0.25, 0.3) is 27.5 Å². The van der Waals surface area contributed by atoms with Crippen LogP contribution in [0, 0.1) is 6.92 Å². The van der Waals surface area contributed by atoms with Crippen molar-refractivity contribution in [3.8, 4) is 5.69 Å². The number of benzene rings is 4. The number of hydrogen-bond acceptors (Lipinski definition) is 0. The maximum Gasteiger partial charge on any atom is 0.0845 e. The van der Waals surface area contributed by atoms with Gasteiger partial charge in [-0.05, 0) is 31.2 Å². The summed E-state index contributed by atoms with van der Waals surface area (Å²) in [5.74, 6) is 0. The first kappa shape index (κ1) is 21.3. The van der Waals surface area contributed by atoms with Gasteiger partial charge < -0.3 is 4.57 Å². The summed E-state index contributed by atoms with van der Waals surface area (Å²) >= 11 is 0. The minimum atomic E-state index is -0.554. The highest BCUT2D eigenvalue weighted by molar-refractivity contribution is 8.26. The molecular weight excluding hydrogens is 418 g/mol. The predicted molar refractivity (Wildman–Crippen MR) is 146 cm³/mol. The van der Waals surface area contributed by atoms with Gasteiger partial charge in [-0.2, -0.15) is 5.46 Å². The summed E-state index contributed by atoms with van der Waals surface area (Å²) in [6.45, 7) is 2.12. The van der Waals surface area contributed by atoms with Crippen LogP contribution in [0.15, 0.2) is 103 Å². The molecule has 30 heavy (non-hydrogen) atoms. The Labute approximate surface area is 185 Å². The van der Waals surface area contributed by atoms with Gasteiger partial charge in [-0.1, -0.05) is 84.4 Å². The van der Waals surface area contributed by atoms with Gasteiger partial charge in [0.05, 0.1) is 16.3 Å². The zero-order chi connectivity index (χ0) is 21.1. The van der Waals surface area contributed by atoms with Gasteiger partial charge in [0.15, 0.2) is 0 Å². The Kier molecular flexibility index (Phi) is 6.41. The number of fused-ring (bicyclic) bond motifs is 3. The van der Waals surface area contributed by atoms with E-state index in [9.17, 15) is 0 Å². The molecule has 0 amide bonds. The Balaban J connectivity index is 0.000000185. The molecule has 0 saturated heterocycles. The lowest BCUT2D eigenvalue weighted by atomic mass is 9.90.